The second-order valence-electron chi connectivity index (χ2n) is 5.78. The van der Waals surface area contributed by atoms with Gasteiger partial charge in [-0.3, -0.25) is 9.88 Å². The zero-order chi connectivity index (χ0) is 12.3. The van der Waals surface area contributed by atoms with E-state index in [0.29, 0.717) is 11.6 Å². The maximum absolute atomic E-state index is 4.10. The normalized spacial score (nSPS) is 19.7. The molecule has 3 nitrogen and oxygen atoms in total. The maximum atomic E-state index is 4.10. The summed E-state index contributed by atoms with van der Waals surface area (Å²) >= 11 is 1.73. The molecule has 0 bridgehead atoms. The maximum Gasteiger partial charge on any atom is 0.0794 e. The van der Waals surface area contributed by atoms with Crippen LogP contribution in [0.5, 0.6) is 0 Å². The van der Waals surface area contributed by atoms with Crippen molar-refractivity contribution in [3.05, 3.63) is 16.6 Å². The van der Waals surface area contributed by atoms with E-state index in [-0.39, 0.29) is 0 Å². The van der Waals surface area contributed by atoms with Gasteiger partial charge in [0.1, 0.15) is 0 Å². The first kappa shape index (κ1) is 13.0. The van der Waals surface area contributed by atoms with Gasteiger partial charge in [0.25, 0.3) is 0 Å². The Hall–Kier alpha value is -0.450. The van der Waals surface area contributed by atoms with Gasteiger partial charge < -0.3 is 5.32 Å². The number of thiazole rings is 1. The summed E-state index contributed by atoms with van der Waals surface area (Å²) in [6.07, 6.45) is 4.48. The monoisotopic (exact) mass is 253 g/mol. The van der Waals surface area contributed by atoms with Crippen LogP contribution in [0.3, 0.4) is 0 Å². The molecule has 0 unspecified atom stereocenters. The van der Waals surface area contributed by atoms with Gasteiger partial charge in [-0.25, -0.2) is 0 Å². The SMILES string of the molecule is CC(C)(C)N1CCC(NCc2cncs2)CC1. The number of nitrogens with zero attached hydrogens (tertiary/aromatic N) is 2. The van der Waals surface area contributed by atoms with Crippen molar-refractivity contribution in [2.75, 3.05) is 13.1 Å². The zero-order valence-corrected chi connectivity index (χ0v) is 11.9. The third kappa shape index (κ3) is 3.76. The third-order valence-electron chi connectivity index (χ3n) is 3.49. The van der Waals surface area contributed by atoms with Crippen LogP contribution in [-0.2, 0) is 6.54 Å². The van der Waals surface area contributed by atoms with Gasteiger partial charge in [0.05, 0.1) is 5.51 Å². The minimum atomic E-state index is 0.322. The second-order valence-corrected chi connectivity index (χ2v) is 6.75. The van der Waals surface area contributed by atoms with Crippen LogP contribution < -0.4 is 5.32 Å². The lowest BCUT2D eigenvalue weighted by Crippen LogP contribution is -2.49. The van der Waals surface area contributed by atoms with Crippen molar-refractivity contribution in [2.45, 2.75) is 51.7 Å². The van der Waals surface area contributed by atoms with Crippen molar-refractivity contribution in [1.82, 2.24) is 15.2 Å². The van der Waals surface area contributed by atoms with Crippen molar-refractivity contribution >= 4 is 11.3 Å². The van der Waals surface area contributed by atoms with E-state index in [9.17, 15) is 0 Å². The lowest BCUT2D eigenvalue weighted by atomic mass is 9.98. The molecule has 17 heavy (non-hydrogen) atoms. The summed E-state index contributed by atoms with van der Waals surface area (Å²) in [7, 11) is 0. The molecule has 2 heterocycles. The number of likely N-dealkylation sites (tertiary alicyclic amines) is 1. The van der Waals surface area contributed by atoms with E-state index in [2.05, 4.69) is 36.0 Å². The van der Waals surface area contributed by atoms with Crippen molar-refractivity contribution in [1.29, 1.82) is 0 Å². The average Bonchev–Trinajstić information content (AvgIpc) is 2.78. The molecule has 1 N–H and O–H groups in total. The van der Waals surface area contributed by atoms with Crippen LogP contribution in [-0.4, -0.2) is 34.6 Å². The van der Waals surface area contributed by atoms with Crippen LogP contribution >= 0.6 is 11.3 Å². The summed E-state index contributed by atoms with van der Waals surface area (Å²) in [4.78, 5) is 8.02. The fraction of sp³-hybridized carbons (Fsp3) is 0.769. The molecule has 0 atom stereocenters. The second kappa shape index (κ2) is 5.46. The number of hydrogen-bond donors (Lipinski definition) is 1. The first-order valence-electron chi connectivity index (χ1n) is 6.41. The van der Waals surface area contributed by atoms with E-state index in [1.54, 1.807) is 11.3 Å². The topological polar surface area (TPSA) is 28.2 Å². The van der Waals surface area contributed by atoms with E-state index < -0.39 is 0 Å². The molecule has 0 saturated carbocycles. The number of aromatic nitrogens is 1. The minimum Gasteiger partial charge on any atom is -0.309 e. The molecule has 2 rings (SSSR count). The Labute approximate surface area is 108 Å². The van der Waals surface area contributed by atoms with Crippen molar-refractivity contribution in [2.24, 2.45) is 0 Å². The van der Waals surface area contributed by atoms with Gasteiger partial charge in [0, 0.05) is 42.3 Å². The molecular weight excluding hydrogens is 230 g/mol. The lowest BCUT2D eigenvalue weighted by Gasteiger charge is -2.41. The van der Waals surface area contributed by atoms with Gasteiger partial charge in [-0.05, 0) is 33.6 Å². The number of hydrogen-bond acceptors (Lipinski definition) is 4. The third-order valence-corrected chi connectivity index (χ3v) is 4.27. The molecule has 0 radical (unpaired) electrons. The van der Waals surface area contributed by atoms with E-state index in [4.69, 9.17) is 0 Å². The lowest BCUT2D eigenvalue weighted by molar-refractivity contribution is 0.0961. The van der Waals surface area contributed by atoms with E-state index >= 15 is 0 Å². The Kier molecular flexibility index (Phi) is 4.17. The molecule has 0 spiro atoms. The summed E-state index contributed by atoms with van der Waals surface area (Å²) in [5.74, 6) is 0. The summed E-state index contributed by atoms with van der Waals surface area (Å²) in [5.41, 5.74) is 2.22. The predicted molar refractivity (Wildman–Crippen MR) is 73.3 cm³/mol. The first-order valence-corrected chi connectivity index (χ1v) is 7.29. The molecule has 1 aromatic rings. The van der Waals surface area contributed by atoms with E-state index in [1.165, 1.54) is 30.8 Å². The first-order chi connectivity index (χ1) is 8.05. The largest absolute Gasteiger partial charge is 0.309 e. The molecule has 1 aromatic heterocycles. The van der Waals surface area contributed by atoms with Crippen LogP contribution in [0.15, 0.2) is 11.7 Å². The summed E-state index contributed by atoms with van der Waals surface area (Å²) in [5, 5.41) is 3.64. The number of nitrogens with one attached hydrogen (secondary N) is 1. The highest BCUT2D eigenvalue weighted by molar-refractivity contribution is 7.09. The van der Waals surface area contributed by atoms with Gasteiger partial charge in [-0.1, -0.05) is 0 Å². The molecule has 0 amide bonds. The average molecular weight is 253 g/mol. The van der Waals surface area contributed by atoms with Crippen molar-refractivity contribution in [3.8, 4) is 0 Å². The fourth-order valence-corrected chi connectivity index (χ4v) is 2.87. The van der Waals surface area contributed by atoms with Crippen molar-refractivity contribution < 1.29 is 0 Å². The molecular formula is C13H23N3S. The molecule has 96 valence electrons. The number of piperidine rings is 1. The Balaban J connectivity index is 1.72. The summed E-state index contributed by atoms with van der Waals surface area (Å²) < 4.78 is 0. The molecule has 1 aliphatic heterocycles. The molecule has 0 aromatic carbocycles. The summed E-state index contributed by atoms with van der Waals surface area (Å²) in [6, 6.07) is 0.677. The Morgan fingerprint density at radius 2 is 2.12 bits per heavy atom. The highest BCUT2D eigenvalue weighted by Crippen LogP contribution is 2.20. The molecule has 0 aliphatic carbocycles. The van der Waals surface area contributed by atoms with Gasteiger partial charge in [-0.15, -0.1) is 11.3 Å². The van der Waals surface area contributed by atoms with Crippen LogP contribution in [0.1, 0.15) is 38.5 Å². The van der Waals surface area contributed by atoms with Crippen LogP contribution in [0.25, 0.3) is 0 Å². The molecule has 4 heteroatoms. The van der Waals surface area contributed by atoms with E-state index in [0.717, 1.165) is 6.54 Å². The predicted octanol–water partition coefficient (Wildman–Crippen LogP) is 2.50. The Morgan fingerprint density at radius 1 is 1.41 bits per heavy atom. The van der Waals surface area contributed by atoms with Gasteiger partial charge in [0.15, 0.2) is 0 Å². The molecule has 1 saturated heterocycles. The standard InChI is InChI=1S/C13H23N3S/c1-13(2,3)16-6-4-11(5-7-16)15-9-12-8-14-10-17-12/h8,10-11,15H,4-7,9H2,1-3H3. The van der Waals surface area contributed by atoms with Crippen molar-refractivity contribution in [3.63, 3.8) is 0 Å². The van der Waals surface area contributed by atoms with Crippen LogP contribution in [0.2, 0.25) is 0 Å². The van der Waals surface area contributed by atoms with Crippen LogP contribution in [0.4, 0.5) is 0 Å². The molecule has 1 fully saturated rings. The Bertz CT molecular complexity index is 321. The van der Waals surface area contributed by atoms with Gasteiger partial charge >= 0.3 is 0 Å². The minimum absolute atomic E-state index is 0.322. The van der Waals surface area contributed by atoms with Crippen LogP contribution in [0, 0.1) is 0 Å². The Morgan fingerprint density at radius 3 is 2.65 bits per heavy atom. The van der Waals surface area contributed by atoms with Gasteiger partial charge in [-0.2, -0.15) is 0 Å². The summed E-state index contributed by atoms with van der Waals surface area (Å²) in [6.45, 7) is 10.3. The highest BCUT2D eigenvalue weighted by atomic mass is 32.1. The highest BCUT2D eigenvalue weighted by Gasteiger charge is 2.26. The quantitative estimate of drug-likeness (QED) is 0.897. The fourth-order valence-electron chi connectivity index (χ4n) is 2.33. The number of rotatable bonds is 3. The molecule has 1 aliphatic rings. The smallest absolute Gasteiger partial charge is 0.0794 e. The van der Waals surface area contributed by atoms with Gasteiger partial charge in [0.2, 0.25) is 0 Å². The van der Waals surface area contributed by atoms with E-state index in [1.807, 2.05) is 11.7 Å². The zero-order valence-electron chi connectivity index (χ0n) is 11.1.